The monoisotopic (exact) mass is 86.0 g/mol. The van der Waals surface area contributed by atoms with E-state index < -0.39 is 5.97 Å². The van der Waals surface area contributed by atoms with Gasteiger partial charge in [-0.1, -0.05) is 0 Å². The van der Waals surface area contributed by atoms with E-state index in [9.17, 15) is 4.79 Å². The fourth-order valence-electron chi connectivity index (χ4n) is 0.130. The van der Waals surface area contributed by atoms with E-state index in [-0.39, 0.29) is 5.76 Å². The van der Waals surface area contributed by atoms with Crippen LogP contribution in [0.25, 0.3) is 0 Å². The first-order valence-corrected chi connectivity index (χ1v) is 1.41. The quantitative estimate of drug-likeness (QED) is 0.486. The van der Waals surface area contributed by atoms with Crippen LogP contribution in [0.4, 0.5) is 0 Å². The zero-order valence-electron chi connectivity index (χ0n) is 2.84. The molecule has 1 N–H and O–H groups in total. The standard InChI is InChI=1S/C3H2O3/c4-3(5)2-1-6-2/h1H,(H,4,5). The third-order valence-electron chi connectivity index (χ3n) is 0.446. The van der Waals surface area contributed by atoms with Gasteiger partial charge < -0.3 is 9.84 Å². The zero-order chi connectivity index (χ0) is 4.57. The predicted octanol–water partition coefficient (Wildman–Crippen LogP) is -0.0574. The van der Waals surface area contributed by atoms with E-state index in [0.717, 1.165) is 0 Å². The molecule has 1 heterocycles. The van der Waals surface area contributed by atoms with Crippen molar-refractivity contribution in [3.8, 4) is 0 Å². The lowest BCUT2D eigenvalue weighted by Crippen LogP contribution is -1.88. The summed E-state index contributed by atoms with van der Waals surface area (Å²) in [4.78, 5) is 9.57. The van der Waals surface area contributed by atoms with E-state index in [2.05, 4.69) is 4.74 Å². The van der Waals surface area contributed by atoms with E-state index in [1.807, 2.05) is 0 Å². The summed E-state index contributed by atoms with van der Waals surface area (Å²) in [5.41, 5.74) is 0. The molecular formula is C3H2O3. The summed E-state index contributed by atoms with van der Waals surface area (Å²) >= 11 is 0. The Kier molecular flexibility index (Phi) is 0.395. The van der Waals surface area contributed by atoms with Gasteiger partial charge in [-0.15, -0.1) is 0 Å². The van der Waals surface area contributed by atoms with E-state index in [0.29, 0.717) is 0 Å². The van der Waals surface area contributed by atoms with Crippen LogP contribution in [0.3, 0.4) is 0 Å². The molecule has 0 saturated carbocycles. The van der Waals surface area contributed by atoms with Crippen molar-refractivity contribution in [2.75, 3.05) is 0 Å². The van der Waals surface area contributed by atoms with Gasteiger partial charge in [0.2, 0.25) is 5.76 Å². The van der Waals surface area contributed by atoms with Gasteiger partial charge in [0.05, 0.1) is 0 Å². The molecule has 32 valence electrons. The second-order valence-electron chi connectivity index (χ2n) is 0.905. The van der Waals surface area contributed by atoms with Gasteiger partial charge in [-0.05, 0) is 0 Å². The van der Waals surface area contributed by atoms with Gasteiger partial charge in [0.1, 0.15) is 6.26 Å². The molecule has 0 atom stereocenters. The molecule has 0 fully saturated rings. The van der Waals surface area contributed by atoms with Gasteiger partial charge in [-0.3, -0.25) is 0 Å². The van der Waals surface area contributed by atoms with Gasteiger partial charge in [-0.2, -0.15) is 0 Å². The maximum Gasteiger partial charge on any atom is 0.375 e. The Morgan fingerprint density at radius 2 is 2.50 bits per heavy atom. The Labute approximate surface area is 33.8 Å². The SMILES string of the molecule is O=C(O)C1=CO1. The van der Waals surface area contributed by atoms with Crippen LogP contribution in [-0.2, 0) is 9.53 Å². The Morgan fingerprint density at radius 1 is 2.00 bits per heavy atom. The lowest BCUT2D eigenvalue weighted by atomic mass is 10.7. The zero-order valence-corrected chi connectivity index (χ0v) is 2.84. The van der Waals surface area contributed by atoms with Crippen molar-refractivity contribution in [1.29, 1.82) is 0 Å². The van der Waals surface area contributed by atoms with Crippen LogP contribution < -0.4 is 0 Å². The first-order chi connectivity index (χ1) is 2.80. The summed E-state index contributed by atoms with van der Waals surface area (Å²) in [7, 11) is 0. The van der Waals surface area contributed by atoms with Gasteiger partial charge in [-0.25, -0.2) is 4.79 Å². The smallest absolute Gasteiger partial charge is 0.375 e. The second-order valence-corrected chi connectivity index (χ2v) is 0.905. The lowest BCUT2D eigenvalue weighted by Gasteiger charge is -1.69. The van der Waals surface area contributed by atoms with Crippen molar-refractivity contribution in [1.82, 2.24) is 0 Å². The molecule has 6 heavy (non-hydrogen) atoms. The minimum Gasteiger partial charge on any atom is -0.475 e. The third-order valence-corrected chi connectivity index (χ3v) is 0.446. The first-order valence-electron chi connectivity index (χ1n) is 1.41. The highest BCUT2D eigenvalue weighted by Crippen LogP contribution is 2.11. The molecule has 0 bridgehead atoms. The van der Waals surface area contributed by atoms with Crippen LogP contribution in [0.2, 0.25) is 0 Å². The van der Waals surface area contributed by atoms with Crippen molar-refractivity contribution in [3.05, 3.63) is 12.0 Å². The third kappa shape index (κ3) is 0.337. The average molecular weight is 86.0 g/mol. The topological polar surface area (TPSA) is 49.8 Å². The van der Waals surface area contributed by atoms with Gasteiger partial charge in [0.25, 0.3) is 0 Å². The van der Waals surface area contributed by atoms with Crippen LogP contribution in [0.15, 0.2) is 12.0 Å². The Bertz CT molecular complexity index is 113. The highest BCUT2D eigenvalue weighted by atomic mass is 16.6. The van der Waals surface area contributed by atoms with Crippen molar-refractivity contribution < 1.29 is 14.6 Å². The largest absolute Gasteiger partial charge is 0.475 e. The number of rotatable bonds is 1. The number of carboxylic acids is 1. The maximum atomic E-state index is 9.57. The number of hydrogen-bond acceptors (Lipinski definition) is 2. The predicted molar refractivity (Wildman–Crippen MR) is 16.8 cm³/mol. The molecule has 0 aliphatic carbocycles. The molecule has 0 amide bonds. The molecule has 0 saturated heterocycles. The maximum absolute atomic E-state index is 9.57. The molecular weight excluding hydrogens is 84.0 g/mol. The lowest BCUT2D eigenvalue weighted by molar-refractivity contribution is -0.133. The van der Waals surface area contributed by atoms with Crippen molar-refractivity contribution in [3.63, 3.8) is 0 Å². The summed E-state index contributed by atoms with van der Waals surface area (Å²) < 4.78 is 4.16. The highest BCUT2D eigenvalue weighted by molar-refractivity contribution is 5.86. The molecule has 0 spiro atoms. The molecule has 1 aliphatic rings. The fourth-order valence-corrected chi connectivity index (χ4v) is 0.130. The van der Waals surface area contributed by atoms with E-state index >= 15 is 0 Å². The molecule has 0 radical (unpaired) electrons. The number of ether oxygens (including phenoxy) is 1. The van der Waals surface area contributed by atoms with Crippen LogP contribution in [0, 0.1) is 0 Å². The summed E-state index contributed by atoms with van der Waals surface area (Å²) in [6, 6.07) is 0. The van der Waals surface area contributed by atoms with Crippen LogP contribution in [0.5, 0.6) is 0 Å². The normalized spacial score (nSPS) is 15.0. The van der Waals surface area contributed by atoms with Crippen LogP contribution in [-0.4, -0.2) is 11.1 Å². The molecule has 0 aromatic heterocycles. The van der Waals surface area contributed by atoms with Crippen LogP contribution >= 0.6 is 0 Å². The fraction of sp³-hybridized carbons (Fsp3) is 0. The van der Waals surface area contributed by atoms with E-state index in [1.54, 1.807) is 0 Å². The molecule has 3 heteroatoms. The number of carboxylic acid groups (broad SMARTS) is 1. The highest BCUT2D eigenvalue weighted by Gasteiger charge is 2.17. The summed E-state index contributed by atoms with van der Waals surface area (Å²) in [6.07, 6.45) is 1.18. The van der Waals surface area contributed by atoms with E-state index in [4.69, 9.17) is 5.11 Å². The Morgan fingerprint density at radius 3 is 2.50 bits per heavy atom. The number of hydrogen-bond donors (Lipinski definition) is 1. The van der Waals surface area contributed by atoms with Gasteiger partial charge in [0.15, 0.2) is 0 Å². The van der Waals surface area contributed by atoms with Gasteiger partial charge in [0, 0.05) is 0 Å². The van der Waals surface area contributed by atoms with Crippen LogP contribution in [0.1, 0.15) is 0 Å². The molecule has 1 rings (SSSR count). The molecule has 0 unspecified atom stereocenters. The summed E-state index contributed by atoms with van der Waals surface area (Å²) in [5, 5.41) is 7.86. The molecule has 0 aromatic rings. The summed E-state index contributed by atoms with van der Waals surface area (Å²) in [6.45, 7) is 0. The summed E-state index contributed by atoms with van der Waals surface area (Å²) in [5.74, 6) is -0.940. The Hall–Kier alpha value is -0.990. The minimum absolute atomic E-state index is 0.0509. The second kappa shape index (κ2) is 0.739. The average Bonchev–Trinajstić information content (AvgIpc) is 2.06. The Balaban J connectivity index is 2.52. The first kappa shape index (κ1) is 3.21. The number of carbonyl (C=O) groups is 1. The number of aliphatic carboxylic acids is 1. The van der Waals surface area contributed by atoms with Crippen molar-refractivity contribution in [2.24, 2.45) is 0 Å². The molecule has 3 nitrogen and oxygen atoms in total. The van der Waals surface area contributed by atoms with E-state index in [1.165, 1.54) is 6.26 Å². The molecule has 0 aromatic carbocycles. The van der Waals surface area contributed by atoms with Crippen molar-refractivity contribution >= 4 is 5.97 Å². The molecule has 1 aliphatic heterocycles. The van der Waals surface area contributed by atoms with Gasteiger partial charge >= 0.3 is 5.97 Å². The minimum atomic E-state index is -0.991. The van der Waals surface area contributed by atoms with Crippen molar-refractivity contribution in [2.45, 2.75) is 0 Å².